The van der Waals surface area contributed by atoms with Gasteiger partial charge in [-0.1, -0.05) is 24.3 Å². The first-order valence-corrected chi connectivity index (χ1v) is 28.9. The van der Waals surface area contributed by atoms with Crippen molar-refractivity contribution in [1.82, 2.24) is 41.7 Å². The lowest BCUT2D eigenvalue weighted by molar-refractivity contribution is -0.149. The summed E-state index contributed by atoms with van der Waals surface area (Å²) >= 11 is 1.28. The molecule has 2 aromatic rings. The monoisotopic (exact) mass is 1210 g/mol. The number of aliphatic hydroxyl groups is 2. The number of aliphatic imine (C=N–C) groups is 3. The quantitative estimate of drug-likeness (QED) is 0.0145. The molecule has 6 rings (SSSR count). The number of amides is 8. The van der Waals surface area contributed by atoms with Crippen LogP contribution < -0.4 is 71.2 Å². The average molecular weight is 1210 g/mol. The Bertz CT molecular complexity index is 2830. The molecule has 2 fully saturated rings. The van der Waals surface area contributed by atoms with Crippen molar-refractivity contribution < 1.29 is 63.3 Å². The van der Waals surface area contributed by atoms with Gasteiger partial charge in [0.1, 0.15) is 48.6 Å². The van der Waals surface area contributed by atoms with E-state index >= 15 is 0 Å². The van der Waals surface area contributed by atoms with Crippen LogP contribution in [-0.4, -0.2) is 209 Å². The fourth-order valence-corrected chi connectivity index (χ4v) is 11.6. The van der Waals surface area contributed by atoms with Crippen molar-refractivity contribution in [2.24, 2.45) is 49.4 Å². The van der Waals surface area contributed by atoms with Gasteiger partial charge in [0, 0.05) is 50.4 Å². The number of rotatable bonds is 31. The third kappa shape index (κ3) is 18.0. The zero-order valence-electron chi connectivity index (χ0n) is 46.9. The van der Waals surface area contributed by atoms with Gasteiger partial charge in [-0.3, -0.25) is 63.6 Å². The minimum absolute atomic E-state index is 0.0131. The number of aliphatic hydroxyl groups excluding tert-OH is 2. The van der Waals surface area contributed by atoms with Crippen LogP contribution >= 0.6 is 11.3 Å². The van der Waals surface area contributed by atoms with Gasteiger partial charge in [0.25, 0.3) is 0 Å². The number of hydrogen-bond donors (Lipinski definition) is 15. The van der Waals surface area contributed by atoms with Crippen LogP contribution in [0.3, 0.4) is 0 Å². The predicted molar refractivity (Wildman–Crippen MR) is 311 cm³/mol. The second-order valence-corrected chi connectivity index (χ2v) is 22.1. The first-order chi connectivity index (χ1) is 40.6. The number of aliphatic carboxylic acids is 1. The smallest absolute Gasteiger partial charge is 0.326 e. The molecule has 464 valence electrons. The van der Waals surface area contributed by atoms with Gasteiger partial charge in [-0.2, -0.15) is 0 Å². The maximum atomic E-state index is 14.6. The number of para-hydroxylation sites is 1. The van der Waals surface area contributed by atoms with Gasteiger partial charge in [-0.15, -0.1) is 11.3 Å². The van der Waals surface area contributed by atoms with Crippen molar-refractivity contribution in [3.63, 3.8) is 0 Å². The molecule has 1 aromatic heterocycles. The van der Waals surface area contributed by atoms with Gasteiger partial charge < -0.3 is 90.9 Å². The Morgan fingerprint density at radius 1 is 0.706 bits per heavy atom. The maximum Gasteiger partial charge on any atom is 0.326 e. The summed E-state index contributed by atoms with van der Waals surface area (Å²) in [5, 5.41) is 49.5. The summed E-state index contributed by atoms with van der Waals surface area (Å²) in [6.07, 6.45) is 1.14. The number of guanidine groups is 3. The summed E-state index contributed by atoms with van der Waals surface area (Å²) < 4.78 is 0. The molecule has 1 aromatic carbocycles. The second kappa shape index (κ2) is 31.4. The number of aryl methyl sites for hydroxylation is 1. The van der Waals surface area contributed by atoms with Crippen LogP contribution in [0.5, 0.6) is 0 Å². The molecule has 8 amide bonds. The second-order valence-electron chi connectivity index (χ2n) is 21.0. The minimum Gasteiger partial charge on any atom is -0.480 e. The topological polar surface area (TPSA) is 506 Å². The van der Waals surface area contributed by atoms with Crippen molar-refractivity contribution in [3.8, 4) is 0 Å². The average Bonchev–Trinajstić information content (AvgIpc) is 2.85. The fraction of sp³-hybridized carbons (Fsp3) is 0.566. The van der Waals surface area contributed by atoms with Crippen LogP contribution in [0.1, 0.15) is 80.2 Å². The maximum absolute atomic E-state index is 14.6. The molecule has 32 heteroatoms. The van der Waals surface area contributed by atoms with Gasteiger partial charge in [0.05, 0.1) is 37.0 Å². The summed E-state index contributed by atoms with van der Waals surface area (Å²) in [5.41, 5.74) is 34.4. The lowest BCUT2D eigenvalue weighted by Crippen LogP contribution is -2.60. The van der Waals surface area contributed by atoms with E-state index < -0.39 is 127 Å². The number of aldehydes is 1. The molecule has 2 saturated heterocycles. The Morgan fingerprint density at radius 3 is 1.95 bits per heavy atom. The van der Waals surface area contributed by atoms with Crippen molar-refractivity contribution in [2.45, 2.75) is 144 Å². The predicted octanol–water partition coefficient (Wildman–Crippen LogP) is -6.03. The Morgan fingerprint density at radius 2 is 1.33 bits per heavy atom. The van der Waals surface area contributed by atoms with E-state index in [-0.39, 0.29) is 115 Å². The highest BCUT2D eigenvalue weighted by atomic mass is 32.1. The number of anilines is 1. The van der Waals surface area contributed by atoms with Crippen molar-refractivity contribution in [2.75, 3.05) is 50.8 Å². The van der Waals surface area contributed by atoms with E-state index in [0.29, 0.717) is 41.7 Å². The normalized spacial score (nSPS) is 20.5. The summed E-state index contributed by atoms with van der Waals surface area (Å²) in [5.74, 6) is -7.77. The van der Waals surface area contributed by atoms with E-state index in [1.54, 1.807) is 35.7 Å². The molecule has 0 radical (unpaired) electrons. The number of carbonyl (C=O) groups is 10. The number of carbonyl (C=O) groups excluding carboxylic acids is 9. The molecule has 85 heavy (non-hydrogen) atoms. The van der Waals surface area contributed by atoms with Gasteiger partial charge >= 0.3 is 5.97 Å². The van der Waals surface area contributed by atoms with Crippen molar-refractivity contribution in [3.05, 3.63) is 51.7 Å². The molecular weight excluding hydrogens is 1130 g/mol. The number of likely N-dealkylation sites (tertiary alicyclic amines) is 2. The number of nitrogens with zero attached hydrogens (tertiary/aromatic N) is 6. The van der Waals surface area contributed by atoms with E-state index in [0.717, 1.165) is 10.5 Å². The number of hydrogen-bond acceptors (Lipinski definition) is 17. The third-order valence-electron chi connectivity index (χ3n) is 15.0. The molecule has 0 bridgehead atoms. The summed E-state index contributed by atoms with van der Waals surface area (Å²) in [4.78, 5) is 153. The van der Waals surface area contributed by atoms with Gasteiger partial charge in [-0.05, 0) is 93.2 Å². The largest absolute Gasteiger partial charge is 0.480 e. The summed E-state index contributed by atoms with van der Waals surface area (Å²) in [6, 6.07) is -2.46. The third-order valence-corrected chi connectivity index (χ3v) is 15.9. The standard InChI is InChI=1S/C53H78N18O13S/c54-51(55)60-17-2-9-30(26-72)64-44(77)32(11-3-18-61-52(56)57)66-46(79)37-13-5-20-69(37)49(82)42-39(74)16-21-70(42)40(75)25-63-43(76)35(24-31-10-6-22-85-31)68-45(78)36(27-73)65-33-15-14-28-7-1-8-29-23-38(71(41(28)29)48(33)81)47(80)67-34(50(83)84)12-4-19-62-53(58)59/h1,6-8,10,22,26,30,32-39,42,65,73-74H,2-5,9,11-21,23-25,27H2,(H,63,76)(H,64,77)(H,66,79)(H,67,80)(H,68,78)(H,83,84)(H4,54,55,60)(H4,56,57,61)(H4,58,59,62)/t30-,32+,33+,34+,35+,36+,37+,38+,39?,42+/m1/s1. The molecule has 4 aliphatic rings. The van der Waals surface area contributed by atoms with Crippen LogP contribution in [-0.2, 0) is 67.2 Å². The number of carboxylic acid groups (broad SMARTS) is 1. The minimum atomic E-state index is -1.49. The van der Waals surface area contributed by atoms with E-state index in [2.05, 4.69) is 46.9 Å². The summed E-state index contributed by atoms with van der Waals surface area (Å²) in [7, 11) is 0. The zero-order valence-corrected chi connectivity index (χ0v) is 47.8. The Labute approximate surface area is 493 Å². The molecule has 0 spiro atoms. The van der Waals surface area contributed by atoms with Crippen molar-refractivity contribution in [1.29, 1.82) is 0 Å². The molecule has 10 atom stereocenters. The van der Waals surface area contributed by atoms with E-state index in [1.807, 2.05) is 0 Å². The highest BCUT2D eigenvalue weighted by Gasteiger charge is 2.48. The number of thiophene rings is 1. The molecule has 1 unspecified atom stereocenters. The number of nitrogens with two attached hydrogens (primary N) is 6. The molecule has 0 aliphatic carbocycles. The molecule has 31 nitrogen and oxygen atoms in total. The Balaban J connectivity index is 1.10. The van der Waals surface area contributed by atoms with Gasteiger partial charge in [0.2, 0.25) is 47.3 Å². The highest BCUT2D eigenvalue weighted by Crippen LogP contribution is 2.39. The Kier molecular flexibility index (Phi) is 24.3. The lowest BCUT2D eigenvalue weighted by Gasteiger charge is -2.33. The first kappa shape index (κ1) is 65.7. The first-order valence-electron chi connectivity index (χ1n) is 28.1. The van der Waals surface area contributed by atoms with Crippen LogP contribution in [0.15, 0.2) is 50.7 Å². The fourth-order valence-electron chi connectivity index (χ4n) is 10.8. The Hall–Kier alpha value is -8.49. The van der Waals surface area contributed by atoms with Crippen LogP contribution in [0.25, 0.3) is 0 Å². The zero-order chi connectivity index (χ0) is 61.9. The molecular formula is C53H78N18O13S. The lowest BCUT2D eigenvalue weighted by atomic mass is 10.0. The summed E-state index contributed by atoms with van der Waals surface area (Å²) in [6.45, 7) is -1.14. The number of benzene rings is 1. The van der Waals surface area contributed by atoms with Gasteiger partial charge in [0.15, 0.2) is 17.9 Å². The molecule has 21 N–H and O–H groups in total. The number of carboxylic acids is 1. The van der Waals surface area contributed by atoms with E-state index in [9.17, 15) is 63.3 Å². The van der Waals surface area contributed by atoms with Crippen LogP contribution in [0.4, 0.5) is 5.69 Å². The SMILES string of the molecule is NC(N)=NCCC[C@H](NC(=O)[C@@H]1Cc2cccc3c2N1C(=O)[C@@H](N[C@@H](CO)C(=O)N[C@@H](Cc1cccs1)C(=O)NCC(=O)N1CCC(O)[C@H]1C(=O)N1CCC[C@H]1C(=O)N[C@@H](CCCN=C(N)N)C(=O)N[C@@H](C=O)CCCN=C(N)N)CC3)C(=O)O. The van der Waals surface area contributed by atoms with Crippen LogP contribution in [0.2, 0.25) is 0 Å². The van der Waals surface area contributed by atoms with E-state index in [4.69, 9.17) is 34.4 Å². The molecule has 5 heterocycles. The molecule has 4 aliphatic heterocycles. The van der Waals surface area contributed by atoms with Gasteiger partial charge in [-0.25, -0.2) is 4.79 Å². The van der Waals surface area contributed by atoms with Crippen molar-refractivity contribution >= 4 is 94.4 Å². The van der Waals surface area contributed by atoms with E-state index in [1.165, 1.54) is 21.1 Å². The highest BCUT2D eigenvalue weighted by molar-refractivity contribution is 7.09. The van der Waals surface area contributed by atoms with Crippen LogP contribution in [0, 0.1) is 0 Å². The molecule has 0 saturated carbocycles. The number of nitrogens with one attached hydrogen (secondary N) is 6.